The number of aryl methyl sites for hydroxylation is 2. The first-order chi connectivity index (χ1) is 7.66. The summed E-state index contributed by atoms with van der Waals surface area (Å²) in [5, 5.41) is 0. The van der Waals surface area contributed by atoms with E-state index in [-0.39, 0.29) is 24.8 Å². The molecule has 1 aromatic carbocycles. The predicted octanol–water partition coefficient (Wildman–Crippen LogP) is 4.66. The maximum atomic E-state index is 2.50. The van der Waals surface area contributed by atoms with Crippen molar-refractivity contribution in [3.05, 3.63) is 40.5 Å². The Morgan fingerprint density at radius 2 is 1.72 bits per heavy atom. The van der Waals surface area contributed by atoms with Gasteiger partial charge in [0.05, 0.1) is 0 Å². The molecular formula is C15H19Cl2Zr. The van der Waals surface area contributed by atoms with Crippen molar-refractivity contribution >= 4 is 30.4 Å². The van der Waals surface area contributed by atoms with Gasteiger partial charge in [0, 0.05) is 0 Å². The molecular weight excluding hydrogens is 342 g/mol. The van der Waals surface area contributed by atoms with E-state index in [1.54, 1.807) is 52.5 Å². The van der Waals surface area contributed by atoms with Crippen LogP contribution in [0, 0.1) is 5.92 Å². The van der Waals surface area contributed by atoms with Crippen molar-refractivity contribution in [3.8, 4) is 0 Å². The largest absolute Gasteiger partial charge is 0.147 e. The summed E-state index contributed by atoms with van der Waals surface area (Å²) in [6, 6.07) is 5.00. The fourth-order valence-electron chi connectivity index (χ4n) is 3.01. The zero-order valence-corrected chi connectivity index (χ0v) is 14.9. The number of rotatable bonds is 1. The number of halogens is 2. The van der Waals surface area contributed by atoms with Gasteiger partial charge in [-0.05, 0) is 0 Å². The third-order valence-corrected chi connectivity index (χ3v) is 5.05. The molecule has 3 heteroatoms. The van der Waals surface area contributed by atoms with E-state index in [2.05, 4.69) is 32.1 Å². The van der Waals surface area contributed by atoms with E-state index in [9.17, 15) is 0 Å². The Morgan fingerprint density at radius 1 is 1.11 bits per heavy atom. The molecule has 0 heterocycles. The molecule has 97 valence electrons. The molecule has 2 aliphatic carbocycles. The summed E-state index contributed by atoms with van der Waals surface area (Å²) < 4.78 is 0.713. The van der Waals surface area contributed by atoms with E-state index >= 15 is 0 Å². The molecule has 1 aromatic rings. The molecule has 0 saturated heterocycles. The minimum atomic E-state index is 0. The second-order valence-corrected chi connectivity index (χ2v) is 6.85. The van der Waals surface area contributed by atoms with Crippen molar-refractivity contribution in [2.45, 2.75) is 36.7 Å². The van der Waals surface area contributed by atoms with E-state index in [1.807, 2.05) is 0 Å². The monoisotopic (exact) mass is 359 g/mol. The van der Waals surface area contributed by atoms with Crippen LogP contribution in [0.1, 0.15) is 46.1 Å². The van der Waals surface area contributed by atoms with Crippen molar-refractivity contribution in [3.63, 3.8) is 0 Å². The van der Waals surface area contributed by atoms with Crippen molar-refractivity contribution in [1.29, 1.82) is 0 Å². The molecule has 0 nitrogen and oxygen atoms in total. The van der Waals surface area contributed by atoms with Gasteiger partial charge in [-0.15, -0.1) is 24.8 Å². The quantitative estimate of drug-likeness (QED) is 0.682. The van der Waals surface area contributed by atoms with Gasteiger partial charge in [-0.2, -0.15) is 0 Å². The first kappa shape index (κ1) is 16.5. The van der Waals surface area contributed by atoms with Gasteiger partial charge in [0.1, 0.15) is 0 Å². The van der Waals surface area contributed by atoms with E-state index in [1.165, 1.54) is 19.3 Å². The zero-order chi connectivity index (χ0) is 11.3. The van der Waals surface area contributed by atoms with Crippen LogP contribution in [0.3, 0.4) is 0 Å². The topological polar surface area (TPSA) is 0 Å². The van der Waals surface area contributed by atoms with Crippen LogP contribution in [-0.2, 0) is 37.6 Å². The maximum Gasteiger partial charge on any atom is -0.147 e. The summed E-state index contributed by atoms with van der Waals surface area (Å²) in [6.07, 6.45) is 6.47. The van der Waals surface area contributed by atoms with Crippen molar-refractivity contribution in [2.75, 3.05) is 0 Å². The van der Waals surface area contributed by atoms with Gasteiger partial charge < -0.3 is 0 Å². The molecule has 18 heavy (non-hydrogen) atoms. The average molecular weight is 361 g/mol. The Hall–Kier alpha value is 0.423. The molecule has 0 spiro atoms. The average Bonchev–Trinajstić information content (AvgIpc) is 2.80. The van der Waals surface area contributed by atoms with Gasteiger partial charge in [-0.25, -0.2) is 0 Å². The van der Waals surface area contributed by atoms with Crippen molar-refractivity contribution in [1.82, 2.24) is 0 Å². The van der Waals surface area contributed by atoms with Crippen LogP contribution < -0.4 is 0 Å². The third-order valence-electron chi connectivity index (χ3n) is 3.88. The molecule has 1 atom stereocenters. The maximum absolute atomic E-state index is 2.50. The Morgan fingerprint density at radius 3 is 2.33 bits per heavy atom. The summed E-state index contributed by atoms with van der Waals surface area (Å²) in [5.41, 5.74) is 8.02. The Kier molecular flexibility index (Phi) is 5.72. The molecule has 2 aliphatic rings. The van der Waals surface area contributed by atoms with Crippen LogP contribution >= 0.6 is 24.8 Å². The van der Waals surface area contributed by atoms with Crippen LogP contribution in [-0.4, -0.2) is 0 Å². The van der Waals surface area contributed by atoms with Gasteiger partial charge in [0.2, 0.25) is 0 Å². The summed E-state index contributed by atoms with van der Waals surface area (Å²) in [5.74, 6) is 0.670. The zero-order valence-electron chi connectivity index (χ0n) is 10.8. The molecule has 0 radical (unpaired) electrons. The van der Waals surface area contributed by atoms with E-state index in [0.29, 0.717) is 9.54 Å². The van der Waals surface area contributed by atoms with Crippen LogP contribution in [0.25, 0.3) is 5.57 Å². The second kappa shape index (κ2) is 6.25. The SMILES string of the molecule is CC(C)C1=C[CH]([Zr])c2cc3c(cc21)CCC3.Cl.Cl. The molecule has 0 bridgehead atoms. The van der Waals surface area contributed by atoms with Crippen LogP contribution in [0.4, 0.5) is 0 Å². The summed E-state index contributed by atoms with van der Waals surface area (Å²) >= 11 is 1.63. The standard InChI is InChI=1S/C15H17.2ClH.Zr/c1-10(2)14-7-6-13-8-11-4-3-5-12(11)9-15(13)14;;;/h6-10H,3-5H2,1-2H3;2*1H;. The van der Waals surface area contributed by atoms with Gasteiger partial charge in [-0.3, -0.25) is 0 Å². The van der Waals surface area contributed by atoms with E-state index < -0.39 is 0 Å². The van der Waals surface area contributed by atoms with Crippen LogP contribution in [0.5, 0.6) is 0 Å². The summed E-state index contributed by atoms with van der Waals surface area (Å²) in [4.78, 5) is 0. The minimum Gasteiger partial charge on any atom is -0.147 e. The number of benzene rings is 1. The fourth-order valence-corrected chi connectivity index (χ4v) is 4.04. The van der Waals surface area contributed by atoms with Gasteiger partial charge >= 0.3 is 113 Å². The number of fused-ring (bicyclic) bond motifs is 2. The Labute approximate surface area is 137 Å². The Balaban J connectivity index is 0.000000810. The number of hydrogen-bond donors (Lipinski definition) is 0. The summed E-state index contributed by atoms with van der Waals surface area (Å²) in [7, 11) is 0. The van der Waals surface area contributed by atoms with E-state index in [4.69, 9.17) is 0 Å². The molecule has 0 aromatic heterocycles. The molecule has 3 rings (SSSR count). The van der Waals surface area contributed by atoms with Crippen molar-refractivity contribution in [2.24, 2.45) is 5.92 Å². The first-order valence-corrected chi connectivity index (χ1v) is 7.67. The Bertz CT molecular complexity index is 478. The minimum absolute atomic E-state index is 0. The molecule has 0 aliphatic heterocycles. The molecule has 0 N–H and O–H groups in total. The van der Waals surface area contributed by atoms with E-state index in [0.717, 1.165) is 0 Å². The van der Waals surface area contributed by atoms with Crippen molar-refractivity contribution < 1.29 is 24.7 Å². The second-order valence-electron chi connectivity index (χ2n) is 5.32. The van der Waals surface area contributed by atoms with Gasteiger partial charge in [0.25, 0.3) is 0 Å². The van der Waals surface area contributed by atoms with Crippen LogP contribution in [0.15, 0.2) is 18.2 Å². The number of hydrogen-bond acceptors (Lipinski definition) is 0. The third kappa shape index (κ3) is 2.65. The fraction of sp³-hybridized carbons (Fsp3) is 0.467. The predicted molar refractivity (Wildman–Crippen MR) is 78.5 cm³/mol. The molecule has 0 saturated carbocycles. The van der Waals surface area contributed by atoms with Crippen LogP contribution in [0.2, 0.25) is 0 Å². The normalized spacial score (nSPS) is 19.7. The smallest absolute Gasteiger partial charge is 0.147 e. The molecule has 1 unspecified atom stereocenters. The van der Waals surface area contributed by atoms with Gasteiger partial charge in [0.15, 0.2) is 0 Å². The number of allylic oxidation sites excluding steroid dienone is 2. The first-order valence-electron chi connectivity index (χ1n) is 6.25. The summed E-state index contributed by atoms with van der Waals surface area (Å²) in [6.45, 7) is 4.63. The molecule has 0 fully saturated rings. The van der Waals surface area contributed by atoms with Gasteiger partial charge in [-0.1, -0.05) is 0 Å². The molecule has 0 amide bonds.